The van der Waals surface area contributed by atoms with E-state index in [1.807, 2.05) is 0 Å². The minimum atomic E-state index is -0.146. The van der Waals surface area contributed by atoms with E-state index in [1.54, 1.807) is 37.2 Å². The molecule has 1 aliphatic heterocycles. The topological polar surface area (TPSA) is 43.8 Å². The maximum absolute atomic E-state index is 12.0. The minimum Gasteiger partial charge on any atom is -0.506 e. The van der Waals surface area contributed by atoms with Crippen LogP contribution in [0.1, 0.15) is 5.56 Å². The first-order valence-electron chi connectivity index (χ1n) is 5.28. The van der Waals surface area contributed by atoms with E-state index in [1.165, 1.54) is 4.90 Å². The highest BCUT2D eigenvalue weighted by Gasteiger charge is 2.32. The van der Waals surface area contributed by atoms with E-state index in [0.717, 1.165) is 5.56 Å². The Kier molecular flexibility index (Phi) is 3.98. The number of hydrogen-bond donors (Lipinski definition) is 1. The summed E-state index contributed by atoms with van der Waals surface area (Å²) >= 11 is 11.7. The van der Waals surface area contributed by atoms with E-state index in [2.05, 4.69) is 31.9 Å². The van der Waals surface area contributed by atoms with Gasteiger partial charge in [0.25, 0.3) is 5.91 Å². The van der Waals surface area contributed by atoms with Crippen molar-refractivity contribution in [1.82, 2.24) is 9.80 Å². The lowest BCUT2D eigenvalue weighted by Crippen LogP contribution is -2.26. The number of carbonyl (C=O) groups is 1. The molecule has 1 fully saturated rings. The zero-order valence-corrected chi connectivity index (χ0v) is 14.1. The van der Waals surface area contributed by atoms with Crippen LogP contribution in [0.25, 0.3) is 6.08 Å². The molecule has 1 amide bonds. The van der Waals surface area contributed by atoms with Gasteiger partial charge in [0, 0.05) is 14.1 Å². The Morgan fingerprint density at radius 2 is 1.74 bits per heavy atom. The molecule has 1 N–H and O–H groups in total. The van der Waals surface area contributed by atoms with E-state index in [0.29, 0.717) is 19.8 Å². The van der Waals surface area contributed by atoms with Crippen LogP contribution >= 0.6 is 44.1 Å². The number of amides is 1. The zero-order chi connectivity index (χ0) is 14.3. The maximum Gasteiger partial charge on any atom is 0.276 e. The molecule has 1 aromatic carbocycles. The van der Waals surface area contributed by atoms with Crippen LogP contribution in [-0.2, 0) is 4.79 Å². The fourth-order valence-electron chi connectivity index (χ4n) is 1.72. The number of thiocarbonyl (C=S) groups is 1. The number of phenols is 1. The summed E-state index contributed by atoms with van der Waals surface area (Å²) in [5, 5.41) is 10.1. The molecule has 7 heteroatoms. The van der Waals surface area contributed by atoms with Crippen molar-refractivity contribution >= 4 is 61.2 Å². The number of phenolic OH excluding ortho intramolecular Hbond substituents is 1. The molecule has 1 aliphatic rings. The molecule has 0 spiro atoms. The number of aromatic hydroxyl groups is 1. The third-order valence-electron chi connectivity index (χ3n) is 2.80. The second-order valence-corrected chi connectivity index (χ2v) is 6.14. The Bertz CT molecular complexity index is 593. The molecule has 0 saturated carbocycles. The van der Waals surface area contributed by atoms with Crippen LogP contribution in [0, 0.1) is 0 Å². The fraction of sp³-hybridized carbons (Fsp3) is 0.167. The monoisotopic (exact) mass is 404 g/mol. The highest BCUT2D eigenvalue weighted by Crippen LogP contribution is 2.34. The Morgan fingerprint density at radius 3 is 2.16 bits per heavy atom. The van der Waals surface area contributed by atoms with E-state index in [9.17, 15) is 9.90 Å². The van der Waals surface area contributed by atoms with Gasteiger partial charge in [-0.05, 0) is 67.8 Å². The molecule has 1 heterocycles. The molecule has 0 atom stereocenters. The van der Waals surface area contributed by atoms with Gasteiger partial charge in [-0.25, -0.2) is 0 Å². The van der Waals surface area contributed by atoms with Crippen molar-refractivity contribution in [3.8, 4) is 5.75 Å². The van der Waals surface area contributed by atoms with E-state index < -0.39 is 0 Å². The zero-order valence-electron chi connectivity index (χ0n) is 10.1. The number of benzene rings is 1. The fourth-order valence-corrected chi connectivity index (χ4v) is 3.12. The molecule has 0 aliphatic carbocycles. The summed E-state index contributed by atoms with van der Waals surface area (Å²) in [7, 11) is 3.39. The van der Waals surface area contributed by atoms with Gasteiger partial charge in [-0.2, -0.15) is 0 Å². The van der Waals surface area contributed by atoms with Gasteiger partial charge >= 0.3 is 0 Å². The first-order chi connectivity index (χ1) is 8.82. The summed E-state index contributed by atoms with van der Waals surface area (Å²) in [6.07, 6.45) is 1.73. The van der Waals surface area contributed by atoms with Crippen LogP contribution in [0.15, 0.2) is 26.8 Å². The Balaban J connectivity index is 2.47. The van der Waals surface area contributed by atoms with Gasteiger partial charge in [-0.1, -0.05) is 0 Å². The van der Waals surface area contributed by atoms with Crippen LogP contribution in [0.3, 0.4) is 0 Å². The Labute approximate surface area is 132 Å². The number of rotatable bonds is 1. The summed E-state index contributed by atoms with van der Waals surface area (Å²) in [6, 6.07) is 3.46. The van der Waals surface area contributed by atoms with Gasteiger partial charge in [0.1, 0.15) is 11.4 Å². The van der Waals surface area contributed by atoms with Crippen LogP contribution in [0.2, 0.25) is 0 Å². The normalized spacial score (nSPS) is 17.8. The highest BCUT2D eigenvalue weighted by atomic mass is 79.9. The average Bonchev–Trinajstić information content (AvgIpc) is 2.54. The summed E-state index contributed by atoms with van der Waals surface area (Å²) in [5.41, 5.74) is 1.28. The van der Waals surface area contributed by atoms with Crippen molar-refractivity contribution in [2.45, 2.75) is 0 Å². The van der Waals surface area contributed by atoms with E-state index in [-0.39, 0.29) is 11.7 Å². The van der Waals surface area contributed by atoms with Crippen molar-refractivity contribution in [2.24, 2.45) is 0 Å². The summed E-state index contributed by atoms with van der Waals surface area (Å²) in [5.74, 6) is -0.0197. The van der Waals surface area contributed by atoms with Gasteiger partial charge < -0.3 is 10.0 Å². The number of hydrogen-bond acceptors (Lipinski definition) is 3. The van der Waals surface area contributed by atoms with Gasteiger partial charge in [-0.3, -0.25) is 9.69 Å². The lowest BCUT2D eigenvalue weighted by molar-refractivity contribution is -0.121. The standard InChI is InChI=1S/C12H10Br2N2O2S/c1-15-9(11(18)16(2)12(15)19)5-6-3-7(13)10(17)8(14)4-6/h3-5,17H,1-2H3/b9-5-. The first kappa shape index (κ1) is 14.5. The number of halogens is 2. The summed E-state index contributed by atoms with van der Waals surface area (Å²) < 4.78 is 1.11. The van der Waals surface area contributed by atoms with Crippen molar-refractivity contribution in [3.63, 3.8) is 0 Å². The van der Waals surface area contributed by atoms with Crippen LogP contribution < -0.4 is 0 Å². The Hall–Kier alpha value is -0.920. The number of carbonyl (C=O) groups excluding carboxylic acids is 1. The predicted octanol–water partition coefficient (Wildman–Crippen LogP) is 2.95. The van der Waals surface area contributed by atoms with Crippen LogP contribution in [0.5, 0.6) is 5.75 Å². The SMILES string of the molecule is CN1C(=O)/C(=C/c2cc(Br)c(O)c(Br)c2)N(C)C1=S. The smallest absolute Gasteiger partial charge is 0.276 e. The van der Waals surface area contributed by atoms with Crippen molar-refractivity contribution in [2.75, 3.05) is 14.1 Å². The molecular weight excluding hydrogens is 396 g/mol. The molecule has 2 rings (SSSR count). The molecule has 0 unspecified atom stereocenters. The minimum absolute atomic E-state index is 0.126. The second kappa shape index (κ2) is 5.22. The molecular formula is C12H10Br2N2O2S. The van der Waals surface area contributed by atoms with Gasteiger partial charge in [-0.15, -0.1) is 0 Å². The lowest BCUT2D eigenvalue weighted by Gasteiger charge is -2.11. The van der Waals surface area contributed by atoms with Crippen molar-refractivity contribution in [1.29, 1.82) is 0 Å². The quantitative estimate of drug-likeness (QED) is 0.576. The average molecular weight is 406 g/mol. The molecule has 1 aromatic rings. The van der Waals surface area contributed by atoms with Gasteiger partial charge in [0.05, 0.1) is 8.95 Å². The maximum atomic E-state index is 12.0. The number of likely N-dealkylation sites (N-methyl/N-ethyl adjacent to an activating group) is 2. The van der Waals surface area contributed by atoms with Gasteiger partial charge in [0.15, 0.2) is 5.11 Å². The summed E-state index contributed by atoms with van der Waals surface area (Å²) in [4.78, 5) is 15.1. The van der Waals surface area contributed by atoms with E-state index in [4.69, 9.17) is 12.2 Å². The molecule has 1 saturated heterocycles. The van der Waals surface area contributed by atoms with Crippen molar-refractivity contribution < 1.29 is 9.90 Å². The molecule has 0 bridgehead atoms. The highest BCUT2D eigenvalue weighted by molar-refractivity contribution is 9.11. The van der Waals surface area contributed by atoms with E-state index >= 15 is 0 Å². The lowest BCUT2D eigenvalue weighted by atomic mass is 10.2. The van der Waals surface area contributed by atoms with Crippen LogP contribution in [0.4, 0.5) is 0 Å². The first-order valence-corrected chi connectivity index (χ1v) is 7.27. The predicted molar refractivity (Wildman–Crippen MR) is 84.6 cm³/mol. The third kappa shape index (κ3) is 2.54. The third-order valence-corrected chi connectivity index (χ3v) is 4.56. The largest absolute Gasteiger partial charge is 0.506 e. The van der Waals surface area contributed by atoms with Crippen molar-refractivity contribution in [3.05, 3.63) is 32.3 Å². The summed E-state index contributed by atoms with van der Waals surface area (Å²) in [6.45, 7) is 0. The molecule has 4 nitrogen and oxygen atoms in total. The second-order valence-electron chi connectivity index (χ2n) is 4.07. The molecule has 100 valence electrons. The van der Waals surface area contributed by atoms with Crippen LogP contribution in [-0.4, -0.2) is 40.0 Å². The molecule has 19 heavy (non-hydrogen) atoms. The molecule has 0 aromatic heterocycles. The molecule has 0 radical (unpaired) electrons. The Morgan fingerprint density at radius 1 is 1.21 bits per heavy atom. The van der Waals surface area contributed by atoms with Gasteiger partial charge in [0.2, 0.25) is 0 Å². The number of nitrogens with zero attached hydrogens (tertiary/aromatic N) is 2.